The Labute approximate surface area is 122 Å². The zero-order valence-electron chi connectivity index (χ0n) is 11.2. The molecule has 9 heteroatoms. The Morgan fingerprint density at radius 3 is 2.64 bits per heavy atom. The Bertz CT molecular complexity index is 709. The molecule has 1 N–H and O–H groups in total. The Morgan fingerprint density at radius 2 is 2.09 bits per heavy atom. The monoisotopic (exact) mass is 313 g/mol. The number of hydrazone groups is 1. The van der Waals surface area contributed by atoms with E-state index in [-0.39, 0.29) is 5.69 Å². The molecule has 1 heterocycles. The molecule has 1 aromatic heterocycles. The van der Waals surface area contributed by atoms with Crippen LogP contribution in [-0.2, 0) is 6.18 Å². The van der Waals surface area contributed by atoms with Crippen molar-refractivity contribution < 1.29 is 22.5 Å². The van der Waals surface area contributed by atoms with Gasteiger partial charge in [-0.25, -0.2) is 0 Å². The number of halogens is 3. The summed E-state index contributed by atoms with van der Waals surface area (Å²) in [6.07, 6.45) is -3.23. The molecule has 0 atom stereocenters. The fraction of sp³-hybridized carbons (Fsp3) is 0.154. The largest absolute Gasteiger partial charge is 0.463 e. The van der Waals surface area contributed by atoms with Gasteiger partial charge in [-0.15, -0.1) is 0 Å². The number of benzene rings is 1. The highest BCUT2D eigenvalue weighted by atomic mass is 19.4. The topological polar surface area (TPSA) is 80.7 Å². The van der Waals surface area contributed by atoms with Crippen LogP contribution in [0.2, 0.25) is 0 Å². The number of nitrogens with zero attached hydrogens (tertiary/aromatic N) is 2. The molecule has 0 aliphatic heterocycles. The van der Waals surface area contributed by atoms with Gasteiger partial charge in [0.2, 0.25) is 0 Å². The molecule has 1 aromatic carbocycles. The number of hydrogen-bond donors (Lipinski definition) is 1. The smallest absolute Gasteiger partial charge is 0.416 e. The van der Waals surface area contributed by atoms with Crippen molar-refractivity contribution in [1.29, 1.82) is 0 Å². The van der Waals surface area contributed by atoms with E-state index in [1.54, 1.807) is 19.1 Å². The van der Waals surface area contributed by atoms with Crippen molar-refractivity contribution >= 4 is 17.1 Å². The zero-order chi connectivity index (χ0) is 16.3. The molecule has 0 aliphatic carbocycles. The zero-order valence-corrected chi connectivity index (χ0v) is 11.2. The van der Waals surface area contributed by atoms with Crippen LogP contribution in [0.25, 0.3) is 0 Å². The average molecular weight is 313 g/mol. The summed E-state index contributed by atoms with van der Waals surface area (Å²) in [4.78, 5) is 10.00. The number of alkyl halides is 3. The number of nitrogens with one attached hydrogen (secondary N) is 1. The van der Waals surface area contributed by atoms with Crippen LogP contribution in [0.1, 0.15) is 18.2 Å². The highest BCUT2D eigenvalue weighted by molar-refractivity contribution is 5.96. The first-order chi connectivity index (χ1) is 10.3. The summed E-state index contributed by atoms with van der Waals surface area (Å²) < 4.78 is 42.8. The van der Waals surface area contributed by atoms with Gasteiger partial charge in [0.05, 0.1) is 16.7 Å². The molecule has 0 amide bonds. The van der Waals surface area contributed by atoms with Crippen LogP contribution in [0.15, 0.2) is 46.1 Å². The number of nitro benzene ring substituents is 1. The Balaban J connectivity index is 2.31. The molecule has 6 nitrogen and oxygen atoms in total. The lowest BCUT2D eigenvalue weighted by Crippen LogP contribution is -2.07. The Morgan fingerprint density at radius 1 is 1.36 bits per heavy atom. The van der Waals surface area contributed by atoms with E-state index in [9.17, 15) is 23.3 Å². The third-order valence-corrected chi connectivity index (χ3v) is 2.74. The molecule has 0 fully saturated rings. The van der Waals surface area contributed by atoms with Gasteiger partial charge in [-0.2, -0.15) is 18.3 Å². The molecule has 0 saturated heterocycles. The van der Waals surface area contributed by atoms with Gasteiger partial charge in [-0.05, 0) is 31.2 Å². The standard InChI is InChI=1S/C13H10F3N3O3/c1-8(12-3-2-6-22-12)17-18-10-5-4-9(13(14,15)16)7-11(10)19(20)21/h2-7,18H,1H3/b17-8+. The molecule has 0 aliphatic rings. The average Bonchev–Trinajstić information content (AvgIpc) is 2.97. The van der Waals surface area contributed by atoms with Crippen molar-refractivity contribution in [2.75, 3.05) is 5.43 Å². The van der Waals surface area contributed by atoms with Crippen molar-refractivity contribution in [3.05, 3.63) is 58.0 Å². The lowest BCUT2D eigenvalue weighted by atomic mass is 10.1. The number of anilines is 1. The van der Waals surface area contributed by atoms with Crippen LogP contribution in [0.3, 0.4) is 0 Å². The van der Waals surface area contributed by atoms with Gasteiger partial charge in [0.15, 0.2) is 0 Å². The third kappa shape index (κ3) is 3.43. The van der Waals surface area contributed by atoms with Crippen molar-refractivity contribution in [1.82, 2.24) is 0 Å². The van der Waals surface area contributed by atoms with E-state index in [1.807, 2.05) is 0 Å². The molecule has 22 heavy (non-hydrogen) atoms. The maximum Gasteiger partial charge on any atom is 0.416 e. The quantitative estimate of drug-likeness (QED) is 0.524. The van der Waals surface area contributed by atoms with E-state index in [0.717, 1.165) is 12.1 Å². The lowest BCUT2D eigenvalue weighted by molar-refractivity contribution is -0.384. The SMILES string of the molecule is C/C(=N\Nc1ccc(C(F)(F)F)cc1[N+](=O)[O-])c1ccco1. The molecule has 0 bridgehead atoms. The fourth-order valence-corrected chi connectivity index (χ4v) is 1.64. The van der Waals surface area contributed by atoms with Gasteiger partial charge >= 0.3 is 6.18 Å². The van der Waals surface area contributed by atoms with Crippen LogP contribution in [0.5, 0.6) is 0 Å². The Kier molecular flexibility index (Phi) is 4.15. The predicted molar refractivity (Wildman–Crippen MR) is 72.6 cm³/mol. The minimum absolute atomic E-state index is 0.149. The maximum atomic E-state index is 12.6. The summed E-state index contributed by atoms with van der Waals surface area (Å²) in [7, 11) is 0. The minimum Gasteiger partial charge on any atom is -0.463 e. The van der Waals surface area contributed by atoms with E-state index in [2.05, 4.69) is 10.5 Å². The van der Waals surface area contributed by atoms with Gasteiger partial charge in [-0.3, -0.25) is 15.5 Å². The van der Waals surface area contributed by atoms with Crippen molar-refractivity contribution in [2.45, 2.75) is 13.1 Å². The van der Waals surface area contributed by atoms with Crippen LogP contribution in [-0.4, -0.2) is 10.6 Å². The second-order valence-electron chi connectivity index (χ2n) is 4.27. The number of nitro groups is 1. The second-order valence-corrected chi connectivity index (χ2v) is 4.27. The number of rotatable bonds is 4. The molecule has 0 radical (unpaired) electrons. The van der Waals surface area contributed by atoms with Gasteiger partial charge in [0.1, 0.15) is 17.2 Å². The normalized spacial score (nSPS) is 12.3. The fourth-order valence-electron chi connectivity index (χ4n) is 1.64. The molecule has 116 valence electrons. The van der Waals surface area contributed by atoms with Crippen LogP contribution < -0.4 is 5.43 Å². The van der Waals surface area contributed by atoms with Crippen LogP contribution in [0.4, 0.5) is 24.5 Å². The molecular weight excluding hydrogens is 303 g/mol. The van der Waals surface area contributed by atoms with Crippen LogP contribution in [0, 0.1) is 10.1 Å². The van der Waals surface area contributed by atoms with Crippen LogP contribution >= 0.6 is 0 Å². The first-order valence-electron chi connectivity index (χ1n) is 5.99. The van der Waals surface area contributed by atoms with E-state index < -0.39 is 22.4 Å². The minimum atomic E-state index is -4.66. The summed E-state index contributed by atoms with van der Waals surface area (Å²) >= 11 is 0. The van der Waals surface area contributed by atoms with Gasteiger partial charge < -0.3 is 4.42 Å². The highest BCUT2D eigenvalue weighted by Crippen LogP contribution is 2.34. The van der Waals surface area contributed by atoms with E-state index in [0.29, 0.717) is 17.5 Å². The number of hydrogen-bond acceptors (Lipinski definition) is 5. The molecule has 0 saturated carbocycles. The maximum absolute atomic E-state index is 12.6. The molecule has 2 aromatic rings. The third-order valence-electron chi connectivity index (χ3n) is 2.74. The van der Waals surface area contributed by atoms with E-state index >= 15 is 0 Å². The first kappa shape index (κ1) is 15.5. The first-order valence-corrected chi connectivity index (χ1v) is 5.99. The molecular formula is C13H10F3N3O3. The van der Waals surface area contributed by atoms with E-state index in [1.165, 1.54) is 6.26 Å². The summed E-state index contributed by atoms with van der Waals surface area (Å²) in [6, 6.07) is 5.42. The molecule has 0 unspecified atom stereocenters. The molecule has 2 rings (SSSR count). The summed E-state index contributed by atoms with van der Waals surface area (Å²) in [5, 5.41) is 14.8. The molecule has 0 spiro atoms. The van der Waals surface area contributed by atoms with Gasteiger partial charge in [-0.1, -0.05) is 0 Å². The lowest BCUT2D eigenvalue weighted by Gasteiger charge is -2.08. The summed E-state index contributed by atoms with van der Waals surface area (Å²) in [5.41, 5.74) is 0.802. The van der Waals surface area contributed by atoms with Gasteiger partial charge in [0, 0.05) is 6.07 Å². The summed E-state index contributed by atoms with van der Waals surface area (Å²) in [5.74, 6) is 0.432. The Hall–Kier alpha value is -2.84. The van der Waals surface area contributed by atoms with E-state index in [4.69, 9.17) is 4.42 Å². The second kappa shape index (κ2) is 5.88. The number of furan rings is 1. The van der Waals surface area contributed by atoms with Crippen molar-refractivity contribution in [3.63, 3.8) is 0 Å². The predicted octanol–water partition coefficient (Wildman–Crippen LogP) is 4.04. The van der Waals surface area contributed by atoms with Crippen molar-refractivity contribution in [3.8, 4) is 0 Å². The highest BCUT2D eigenvalue weighted by Gasteiger charge is 2.33. The summed E-state index contributed by atoms with van der Waals surface area (Å²) in [6.45, 7) is 1.59. The van der Waals surface area contributed by atoms with Crippen molar-refractivity contribution in [2.24, 2.45) is 5.10 Å². The van der Waals surface area contributed by atoms with Gasteiger partial charge in [0.25, 0.3) is 5.69 Å².